The topological polar surface area (TPSA) is 248 Å². The van der Waals surface area contributed by atoms with Gasteiger partial charge in [0.1, 0.15) is 0 Å². The SMILES string of the molecule is C1CCOC1.CB(O)c1ccccc1CNc1ccccc1C=O.CC1(C)OB(c2ccccc2CBr)OC1(C)C.CC1(C)OB(c2ccccc2CNc2ccccc2C=O)OC1(C)C.ClCCl.Nc1ccccc1C=O.Nc1ccccc1CO.[HH].[HH].[O]=[Mn]=[O]. The summed E-state index contributed by atoms with van der Waals surface area (Å²) in [6.45, 7) is 20.9. The molecule has 0 radical (unpaired) electrons. The number of aliphatic hydroxyl groups is 1. The van der Waals surface area contributed by atoms with Crippen molar-refractivity contribution in [2.75, 3.05) is 40.7 Å². The molecule has 3 heterocycles. The number of aliphatic hydroxyl groups excluding tert-OH is 1. The monoisotopic (exact) mass is 1380 g/mol. The minimum absolute atomic E-state index is 0. The number of alkyl halides is 3. The van der Waals surface area contributed by atoms with Gasteiger partial charge < -0.3 is 55.6 Å². The van der Waals surface area contributed by atoms with Crippen LogP contribution in [0.3, 0.4) is 0 Å². The molecule has 0 spiro atoms. The van der Waals surface area contributed by atoms with E-state index in [1.165, 1.54) is 18.4 Å². The predicted molar refractivity (Wildman–Crippen MR) is 370 cm³/mol. The number of hydrogen-bond acceptors (Lipinski definition) is 16. The second kappa shape index (κ2) is 40.6. The van der Waals surface area contributed by atoms with Crippen LogP contribution >= 0.6 is 39.1 Å². The van der Waals surface area contributed by atoms with Gasteiger partial charge in [0, 0.05) is 79.5 Å². The molecule has 0 unspecified atom stereocenters. The Morgan fingerprint density at radius 3 is 1.23 bits per heavy atom. The molecule has 10 rings (SSSR count). The van der Waals surface area contributed by atoms with Gasteiger partial charge in [-0.3, -0.25) is 14.4 Å². The average molecular weight is 1380 g/mol. The Hall–Kier alpha value is -6.16. The third-order valence-corrected chi connectivity index (χ3v) is 15.7. The van der Waals surface area contributed by atoms with E-state index in [2.05, 4.69) is 72.5 Å². The summed E-state index contributed by atoms with van der Waals surface area (Å²) in [5, 5.41) is 25.9. The van der Waals surface area contributed by atoms with Crippen molar-refractivity contribution >= 4 is 118 Å². The van der Waals surface area contributed by atoms with Gasteiger partial charge in [-0.2, -0.15) is 0 Å². The summed E-state index contributed by atoms with van der Waals surface area (Å²) in [7, 11) is -0.668. The van der Waals surface area contributed by atoms with Gasteiger partial charge in [0.25, 0.3) is 0 Å². The number of hydrogen-bond donors (Lipinski definition) is 6. The number of para-hydroxylation sites is 4. The third kappa shape index (κ3) is 25.1. The molecular weight excluding hydrogens is 1290 g/mol. The summed E-state index contributed by atoms with van der Waals surface area (Å²) in [6, 6.07) is 53.1. The first-order valence-corrected chi connectivity index (χ1v) is 32.2. The number of carbonyl (C=O) groups is 3. The number of nitrogens with two attached hydrogens (primary N) is 2. The molecule has 7 aromatic rings. The van der Waals surface area contributed by atoms with Gasteiger partial charge in [-0.05, 0) is 144 Å². The van der Waals surface area contributed by atoms with Crippen LogP contribution < -0.4 is 38.5 Å². The van der Waals surface area contributed by atoms with Crippen LogP contribution in [-0.4, -0.2) is 91.1 Å². The van der Waals surface area contributed by atoms with E-state index in [0.717, 1.165) is 81.9 Å². The van der Waals surface area contributed by atoms with Crippen molar-refractivity contribution in [1.82, 2.24) is 0 Å². The van der Waals surface area contributed by atoms with Crippen LogP contribution in [0.4, 0.5) is 22.7 Å². The van der Waals surface area contributed by atoms with Crippen molar-refractivity contribution in [3.05, 3.63) is 209 Å². The van der Waals surface area contributed by atoms with Crippen LogP contribution in [0.15, 0.2) is 170 Å². The van der Waals surface area contributed by atoms with E-state index < -0.39 is 28.9 Å². The Kier molecular flexibility index (Phi) is 35.3. The molecule has 16 nitrogen and oxygen atoms in total. The van der Waals surface area contributed by atoms with E-state index in [1.807, 2.05) is 131 Å². The normalized spacial score (nSPS) is 14.8. The van der Waals surface area contributed by atoms with E-state index in [1.54, 1.807) is 55.4 Å². The Balaban J connectivity index is 0.000000569. The Morgan fingerprint density at radius 1 is 0.544 bits per heavy atom. The molecule has 0 atom stereocenters. The van der Waals surface area contributed by atoms with Gasteiger partial charge in [0.05, 0.1) is 34.4 Å². The fourth-order valence-corrected chi connectivity index (χ4v) is 9.07. The number of nitrogens with one attached hydrogen (secondary N) is 2. The number of aldehydes is 3. The number of nitrogen functional groups attached to an aromatic ring is 2. The van der Waals surface area contributed by atoms with Crippen LogP contribution in [0.1, 0.15) is 124 Å². The Bertz CT molecular complexity index is 3300. The number of benzene rings is 7. The molecule has 8 N–H and O–H groups in total. The summed E-state index contributed by atoms with van der Waals surface area (Å²) in [5.41, 5.74) is 21.4. The van der Waals surface area contributed by atoms with Crippen molar-refractivity contribution < 1.29 is 73.2 Å². The molecule has 0 bridgehead atoms. The molecule has 0 saturated carbocycles. The number of carbonyl (C=O) groups excluding carboxylic acids is 3. The van der Waals surface area contributed by atoms with Gasteiger partial charge in [0.2, 0.25) is 0 Å². The standard InChI is InChI=1S/C20H24BNO3.C15H16BNO2.C13H18BBrO2.C7H9NO.C7H7NO.C4H8O.CH2Cl2.Mn.2O.2H2/c1-19(2)20(3,4)25-21(24-19)17-11-7-5-9-15(17)13-22-18-12-8-6-10-16(18)14-23;1-16(19)14-8-4-2-6-12(14)10-17-15-9-5-3-7-13(15)11-18;1-12(2)13(3,4)17-14(16-12)11-8-6-5-7-10(11)9-15;2*8-7-4-2-1-3-6(7)5-9;1-2-4-5-3-1;2-1-3;;;;;/h5-12,14,22H,13H2,1-4H3;2-9,11,17,19H,10H2,1H3;5-8H,9H2,1-4H3;1-4,9H,5,8H2;1-5H,8H2;1-4H2;1H2;;;;2*1H. The zero-order valence-electron chi connectivity index (χ0n) is 52.6. The van der Waals surface area contributed by atoms with Crippen LogP contribution in [0, 0.1) is 0 Å². The first-order chi connectivity index (χ1) is 42.9. The second-order valence-electron chi connectivity index (χ2n) is 22.3. The molecule has 3 saturated heterocycles. The van der Waals surface area contributed by atoms with Crippen LogP contribution in [0.5, 0.6) is 0 Å². The van der Waals surface area contributed by atoms with E-state index in [0.29, 0.717) is 41.2 Å². The predicted octanol–water partition coefficient (Wildman–Crippen LogP) is 12.5. The maximum absolute atomic E-state index is 11.2. The summed E-state index contributed by atoms with van der Waals surface area (Å²) < 4.78 is 46.2. The number of ether oxygens (including phenoxy) is 1. The fourth-order valence-electron chi connectivity index (χ4n) is 8.56. The quantitative estimate of drug-likeness (QED) is 0.0256. The molecule has 485 valence electrons. The molecule has 7 aromatic carbocycles. The van der Waals surface area contributed by atoms with Crippen LogP contribution in [0.2, 0.25) is 6.82 Å². The van der Waals surface area contributed by atoms with Gasteiger partial charge in [-0.1, -0.05) is 150 Å². The van der Waals surface area contributed by atoms with Gasteiger partial charge in [-0.15, -0.1) is 23.2 Å². The molecule has 23 heteroatoms. The van der Waals surface area contributed by atoms with E-state index >= 15 is 0 Å². The summed E-state index contributed by atoms with van der Waals surface area (Å²) in [4.78, 5) is 32.3. The van der Waals surface area contributed by atoms with Crippen molar-refractivity contribution in [1.29, 1.82) is 0 Å². The van der Waals surface area contributed by atoms with Crippen molar-refractivity contribution in [2.24, 2.45) is 0 Å². The Labute approximate surface area is 559 Å². The summed E-state index contributed by atoms with van der Waals surface area (Å²) >= 11 is 11.6. The molecular formula is C67H88B3BrCl2MnN4O12. The van der Waals surface area contributed by atoms with Gasteiger partial charge in [-0.25, -0.2) is 0 Å². The molecule has 90 heavy (non-hydrogen) atoms. The number of rotatable bonds is 14. The summed E-state index contributed by atoms with van der Waals surface area (Å²) in [5.74, 6) is 0. The molecule has 0 amide bonds. The van der Waals surface area contributed by atoms with E-state index in [9.17, 15) is 19.4 Å². The maximum atomic E-state index is 11.2. The van der Waals surface area contributed by atoms with E-state index in [-0.39, 0.29) is 44.3 Å². The fraction of sp³-hybridized carbons (Fsp3) is 0.328. The first-order valence-electron chi connectivity index (χ1n) is 29.0. The van der Waals surface area contributed by atoms with Crippen molar-refractivity contribution in [2.45, 2.75) is 122 Å². The zero-order chi connectivity index (χ0) is 66.8. The molecule has 3 aliphatic heterocycles. The molecule has 3 fully saturated rings. The first kappa shape index (κ1) is 78.1. The van der Waals surface area contributed by atoms with Crippen LogP contribution in [-0.2, 0) is 70.9 Å². The van der Waals surface area contributed by atoms with E-state index in [4.69, 9.17) is 70.8 Å². The van der Waals surface area contributed by atoms with Gasteiger partial charge in [0.15, 0.2) is 18.9 Å². The van der Waals surface area contributed by atoms with Crippen molar-refractivity contribution in [3.63, 3.8) is 0 Å². The average Bonchev–Trinajstić information content (AvgIpc) is 1.65. The number of halogens is 3. The molecule has 0 aliphatic carbocycles. The zero-order valence-corrected chi connectivity index (χ0v) is 56.9. The summed E-state index contributed by atoms with van der Waals surface area (Å²) in [6.07, 6.45) is 5.00. The van der Waals surface area contributed by atoms with Gasteiger partial charge >= 0.3 is 43.6 Å². The van der Waals surface area contributed by atoms with Crippen molar-refractivity contribution in [3.8, 4) is 0 Å². The molecule has 3 aliphatic rings. The second-order valence-corrected chi connectivity index (χ2v) is 23.9. The number of anilines is 4. The Morgan fingerprint density at radius 2 is 0.878 bits per heavy atom. The third-order valence-electron chi connectivity index (χ3n) is 15.1. The minimum atomic E-state index is -1.44. The van der Waals surface area contributed by atoms with Crippen LogP contribution in [0.25, 0.3) is 0 Å². The molecule has 0 aromatic heterocycles.